The van der Waals surface area contributed by atoms with Crippen LogP contribution in [0.1, 0.15) is 36.9 Å². The number of aliphatic imine (C=N–C) groups is 2. The highest BCUT2D eigenvalue weighted by Gasteiger charge is 2.28. The molecule has 0 atom stereocenters. The van der Waals surface area contributed by atoms with Crippen molar-refractivity contribution in [2.45, 2.75) is 32.6 Å². The third kappa shape index (κ3) is 4.47. The predicted molar refractivity (Wildman–Crippen MR) is 131 cm³/mol. The fourth-order valence-electron chi connectivity index (χ4n) is 4.89. The van der Waals surface area contributed by atoms with E-state index in [1.54, 1.807) is 7.05 Å². The first kappa shape index (κ1) is 21.9. The number of hydrogen-bond acceptors (Lipinski definition) is 4. The first-order valence-corrected chi connectivity index (χ1v) is 11.3. The second-order valence-corrected chi connectivity index (χ2v) is 8.67. The molecule has 32 heavy (non-hydrogen) atoms. The molecule has 1 aromatic carbocycles. The molecule has 0 saturated heterocycles. The lowest BCUT2D eigenvalue weighted by Gasteiger charge is -2.35. The molecule has 2 aromatic rings. The lowest BCUT2D eigenvalue weighted by atomic mass is 9.81. The number of H-pyrrole nitrogens is 1. The number of hydrogen-bond donors (Lipinski definition) is 3. The number of aromatic nitrogens is 1. The standard InChI is InChI=1S/C25H32N6O/c1-17-5-4-6-20-13-21(30-22(17)20)23(26-2)24-25(27-3)29-11-12-31(24)15-19-9-7-18(8-10-19)14-28-16-32/h4-6,11-13,16,18-19,30H,2,7-10,14-15H2,1,3H3,(H,27,29)(H,28,32)/b24-23-. The van der Waals surface area contributed by atoms with Crippen molar-refractivity contribution in [3.05, 3.63) is 53.6 Å². The molecular formula is C25H32N6O. The zero-order chi connectivity index (χ0) is 22.5. The highest BCUT2D eigenvalue weighted by molar-refractivity contribution is 6.06. The molecule has 0 unspecified atom stereocenters. The second-order valence-electron chi connectivity index (χ2n) is 8.67. The van der Waals surface area contributed by atoms with Crippen LogP contribution in [0.2, 0.25) is 0 Å². The number of rotatable bonds is 7. The smallest absolute Gasteiger partial charge is 0.207 e. The number of benzene rings is 1. The molecule has 3 N–H and O–H groups in total. The molecule has 4 rings (SSSR count). The Labute approximate surface area is 189 Å². The maximum Gasteiger partial charge on any atom is 0.207 e. The Morgan fingerprint density at radius 3 is 2.75 bits per heavy atom. The zero-order valence-corrected chi connectivity index (χ0v) is 18.9. The first-order valence-electron chi connectivity index (χ1n) is 11.3. The van der Waals surface area contributed by atoms with E-state index in [4.69, 9.17) is 0 Å². The summed E-state index contributed by atoms with van der Waals surface area (Å²) in [7, 11) is 1.79. The van der Waals surface area contributed by atoms with Gasteiger partial charge in [-0.3, -0.25) is 14.8 Å². The summed E-state index contributed by atoms with van der Waals surface area (Å²) in [4.78, 5) is 25.3. The number of aromatic amines is 1. The summed E-state index contributed by atoms with van der Waals surface area (Å²) in [5.41, 5.74) is 4.99. The van der Waals surface area contributed by atoms with Gasteiger partial charge in [-0.05, 0) is 62.8 Å². The van der Waals surface area contributed by atoms with Gasteiger partial charge in [-0.15, -0.1) is 0 Å². The van der Waals surface area contributed by atoms with Gasteiger partial charge in [-0.25, -0.2) is 0 Å². The van der Waals surface area contributed by atoms with Gasteiger partial charge in [0, 0.05) is 43.4 Å². The number of fused-ring (bicyclic) bond motifs is 1. The van der Waals surface area contributed by atoms with Crippen LogP contribution >= 0.6 is 0 Å². The number of para-hydroxylation sites is 1. The monoisotopic (exact) mass is 432 g/mol. The van der Waals surface area contributed by atoms with Gasteiger partial charge in [0.25, 0.3) is 0 Å². The van der Waals surface area contributed by atoms with Gasteiger partial charge in [0.2, 0.25) is 6.41 Å². The van der Waals surface area contributed by atoms with Crippen LogP contribution in [0, 0.1) is 18.8 Å². The molecule has 0 bridgehead atoms. The van der Waals surface area contributed by atoms with E-state index in [-0.39, 0.29) is 0 Å². The number of amides is 1. The maximum atomic E-state index is 10.6. The Balaban J connectivity index is 1.63. The molecule has 1 amide bonds. The van der Waals surface area contributed by atoms with Gasteiger partial charge in [-0.2, -0.15) is 0 Å². The molecule has 0 spiro atoms. The summed E-state index contributed by atoms with van der Waals surface area (Å²) in [5.74, 6) is 1.95. The third-order valence-corrected chi connectivity index (χ3v) is 6.62. The molecule has 1 saturated carbocycles. The maximum absolute atomic E-state index is 10.6. The highest BCUT2D eigenvalue weighted by Crippen LogP contribution is 2.33. The van der Waals surface area contributed by atoms with Crippen molar-refractivity contribution in [1.82, 2.24) is 20.5 Å². The molecular weight excluding hydrogens is 400 g/mol. The van der Waals surface area contributed by atoms with E-state index in [1.807, 2.05) is 6.20 Å². The second kappa shape index (κ2) is 9.85. The van der Waals surface area contributed by atoms with Gasteiger partial charge in [0.15, 0.2) is 5.84 Å². The van der Waals surface area contributed by atoms with E-state index < -0.39 is 0 Å². The van der Waals surface area contributed by atoms with E-state index in [0.717, 1.165) is 79.0 Å². The third-order valence-electron chi connectivity index (χ3n) is 6.62. The van der Waals surface area contributed by atoms with Crippen molar-refractivity contribution >= 4 is 35.6 Å². The molecule has 2 heterocycles. The van der Waals surface area contributed by atoms with Crippen molar-refractivity contribution in [3.63, 3.8) is 0 Å². The van der Waals surface area contributed by atoms with Gasteiger partial charge in [0.1, 0.15) is 11.4 Å². The Bertz CT molecular complexity index is 1070. The number of carbonyl (C=O) groups excluding carboxylic acids is 1. The average Bonchev–Trinajstić information content (AvgIpc) is 3.25. The Kier molecular flexibility index (Phi) is 6.73. The van der Waals surface area contributed by atoms with Crippen LogP contribution in [0.15, 0.2) is 52.3 Å². The predicted octanol–water partition coefficient (Wildman–Crippen LogP) is 3.80. The van der Waals surface area contributed by atoms with Crippen LogP contribution in [-0.2, 0) is 4.79 Å². The Morgan fingerprint density at radius 2 is 2.06 bits per heavy atom. The summed E-state index contributed by atoms with van der Waals surface area (Å²) in [5, 5.41) is 7.26. The first-order chi connectivity index (χ1) is 15.6. The Hall–Kier alpha value is -3.35. The molecule has 7 nitrogen and oxygen atoms in total. The molecule has 2 aliphatic rings. The van der Waals surface area contributed by atoms with Gasteiger partial charge in [-0.1, -0.05) is 18.2 Å². The summed E-state index contributed by atoms with van der Waals surface area (Å²) >= 11 is 0. The highest BCUT2D eigenvalue weighted by atomic mass is 16.1. The van der Waals surface area contributed by atoms with Crippen LogP contribution in [0.3, 0.4) is 0 Å². The molecule has 1 aliphatic heterocycles. The molecule has 7 heteroatoms. The van der Waals surface area contributed by atoms with Crippen LogP contribution < -0.4 is 10.6 Å². The summed E-state index contributed by atoms with van der Waals surface area (Å²) in [6.45, 7) is 7.69. The largest absolute Gasteiger partial charge is 0.358 e. The summed E-state index contributed by atoms with van der Waals surface area (Å²) in [6, 6.07) is 8.42. The Morgan fingerprint density at radius 1 is 1.28 bits per heavy atom. The minimum absolute atomic E-state index is 0.578. The van der Waals surface area contributed by atoms with Crippen molar-refractivity contribution in [1.29, 1.82) is 0 Å². The van der Waals surface area contributed by atoms with Crippen LogP contribution in [0.25, 0.3) is 16.6 Å². The van der Waals surface area contributed by atoms with Crippen molar-refractivity contribution in [3.8, 4) is 0 Å². The fraction of sp³-hybridized carbons (Fsp3) is 0.400. The number of nitrogens with one attached hydrogen (secondary N) is 3. The number of nitrogens with zero attached hydrogens (tertiary/aromatic N) is 3. The van der Waals surface area contributed by atoms with Crippen molar-refractivity contribution in [2.75, 3.05) is 20.1 Å². The summed E-state index contributed by atoms with van der Waals surface area (Å²) in [6.07, 6.45) is 9.39. The van der Waals surface area contributed by atoms with E-state index in [9.17, 15) is 4.79 Å². The van der Waals surface area contributed by atoms with Gasteiger partial charge < -0.3 is 20.5 Å². The van der Waals surface area contributed by atoms with Crippen LogP contribution in [0.5, 0.6) is 0 Å². The lowest BCUT2D eigenvalue weighted by Crippen LogP contribution is -2.39. The average molecular weight is 433 g/mol. The minimum atomic E-state index is 0.578. The van der Waals surface area contributed by atoms with E-state index >= 15 is 0 Å². The minimum Gasteiger partial charge on any atom is -0.358 e. The SMILES string of the molecule is C=N/C(=C1/C(=NC)NC=CN1CC1CCC(CNC=O)CC1)c1cc2cccc(C)c2[nH]1. The normalized spacial score (nSPS) is 23.8. The van der Waals surface area contributed by atoms with E-state index in [2.05, 4.69) is 74.6 Å². The van der Waals surface area contributed by atoms with E-state index in [1.165, 1.54) is 5.56 Å². The molecule has 0 radical (unpaired) electrons. The topological polar surface area (TPSA) is 84.9 Å². The molecule has 1 fully saturated rings. The number of aryl methyl sites for hydroxylation is 1. The van der Waals surface area contributed by atoms with Crippen LogP contribution in [-0.4, -0.2) is 49.0 Å². The number of amidine groups is 1. The zero-order valence-electron chi connectivity index (χ0n) is 18.9. The quantitative estimate of drug-likeness (QED) is 0.460. The van der Waals surface area contributed by atoms with Gasteiger partial charge >= 0.3 is 0 Å². The lowest BCUT2D eigenvalue weighted by molar-refractivity contribution is -0.109. The van der Waals surface area contributed by atoms with E-state index in [0.29, 0.717) is 11.8 Å². The van der Waals surface area contributed by atoms with Crippen molar-refractivity contribution < 1.29 is 4.79 Å². The fourth-order valence-corrected chi connectivity index (χ4v) is 4.89. The van der Waals surface area contributed by atoms with Crippen LogP contribution in [0.4, 0.5) is 0 Å². The number of carbonyl (C=O) groups is 1. The molecule has 168 valence electrons. The van der Waals surface area contributed by atoms with Gasteiger partial charge in [0.05, 0.1) is 5.69 Å². The van der Waals surface area contributed by atoms with Crippen molar-refractivity contribution in [2.24, 2.45) is 21.8 Å². The molecule has 1 aliphatic carbocycles. The molecule has 1 aromatic heterocycles. The summed E-state index contributed by atoms with van der Waals surface area (Å²) < 4.78 is 0.